The standard InChI is InChI=1S/C21H21F3N2O8/c1-31-16-8-12(9-17(32-2)20(16)33-3)4-7-19(28)34-11-18(27)25-15-6-5-13(26(29)30)10-14(15)21(22,23)24/h5-6,8-10H,4,7,11H2,1-3H3,(H,25,27). The van der Waals surface area contributed by atoms with Crippen molar-refractivity contribution in [2.45, 2.75) is 19.0 Å². The number of aryl methyl sites for hydroxylation is 1. The van der Waals surface area contributed by atoms with Gasteiger partial charge in [0.15, 0.2) is 18.1 Å². The summed E-state index contributed by atoms with van der Waals surface area (Å²) in [6, 6.07) is 5.14. The Hall–Kier alpha value is -4.03. The molecule has 0 aliphatic rings. The van der Waals surface area contributed by atoms with Crippen LogP contribution in [0, 0.1) is 10.1 Å². The van der Waals surface area contributed by atoms with Crippen LogP contribution in [-0.2, 0) is 26.9 Å². The second-order valence-corrected chi connectivity index (χ2v) is 6.73. The number of carbonyl (C=O) groups excluding carboxylic acids is 2. The van der Waals surface area contributed by atoms with Gasteiger partial charge in [0.2, 0.25) is 5.75 Å². The maximum atomic E-state index is 13.2. The van der Waals surface area contributed by atoms with E-state index in [1.165, 1.54) is 21.3 Å². The van der Waals surface area contributed by atoms with Crippen molar-refractivity contribution in [3.05, 3.63) is 51.6 Å². The number of nitrogens with one attached hydrogen (secondary N) is 1. The van der Waals surface area contributed by atoms with Gasteiger partial charge in [0.05, 0.1) is 37.5 Å². The molecular weight excluding hydrogens is 465 g/mol. The van der Waals surface area contributed by atoms with Gasteiger partial charge in [-0.25, -0.2) is 0 Å². The fourth-order valence-electron chi connectivity index (χ4n) is 2.92. The summed E-state index contributed by atoms with van der Waals surface area (Å²) in [5, 5.41) is 12.7. The molecule has 13 heteroatoms. The van der Waals surface area contributed by atoms with E-state index in [1.54, 1.807) is 12.1 Å². The van der Waals surface area contributed by atoms with E-state index in [0.29, 0.717) is 28.9 Å². The zero-order chi connectivity index (χ0) is 25.5. The summed E-state index contributed by atoms with van der Waals surface area (Å²) < 4.78 is 60.0. The number of halogens is 3. The Labute approximate surface area is 191 Å². The number of methoxy groups -OCH3 is 3. The Morgan fingerprint density at radius 1 is 1.03 bits per heavy atom. The molecule has 34 heavy (non-hydrogen) atoms. The van der Waals surface area contributed by atoms with Crippen LogP contribution < -0.4 is 19.5 Å². The molecule has 0 atom stereocenters. The van der Waals surface area contributed by atoms with Crippen molar-refractivity contribution in [2.24, 2.45) is 0 Å². The first-order valence-corrected chi connectivity index (χ1v) is 9.60. The van der Waals surface area contributed by atoms with Crippen molar-refractivity contribution in [1.29, 1.82) is 0 Å². The summed E-state index contributed by atoms with van der Waals surface area (Å²) in [5.74, 6) is -0.678. The summed E-state index contributed by atoms with van der Waals surface area (Å²) in [6.07, 6.45) is -4.90. The van der Waals surface area contributed by atoms with E-state index in [2.05, 4.69) is 0 Å². The predicted molar refractivity (Wildman–Crippen MR) is 112 cm³/mol. The third kappa shape index (κ3) is 6.73. The van der Waals surface area contributed by atoms with Crippen molar-refractivity contribution in [1.82, 2.24) is 0 Å². The molecular formula is C21H21F3N2O8. The van der Waals surface area contributed by atoms with Gasteiger partial charge in [0.1, 0.15) is 0 Å². The lowest BCUT2D eigenvalue weighted by molar-refractivity contribution is -0.385. The average Bonchev–Trinajstić information content (AvgIpc) is 2.79. The number of hydrogen-bond acceptors (Lipinski definition) is 8. The number of ether oxygens (including phenoxy) is 4. The highest BCUT2D eigenvalue weighted by Gasteiger charge is 2.35. The number of rotatable bonds is 10. The molecule has 0 saturated heterocycles. The van der Waals surface area contributed by atoms with Crippen LogP contribution in [0.5, 0.6) is 17.2 Å². The Bertz CT molecular complexity index is 1050. The SMILES string of the molecule is COc1cc(CCC(=O)OCC(=O)Nc2ccc([N+](=O)[O-])cc2C(F)(F)F)cc(OC)c1OC. The van der Waals surface area contributed by atoms with Crippen LogP contribution in [0.3, 0.4) is 0 Å². The van der Waals surface area contributed by atoms with Crippen LogP contribution in [-0.4, -0.2) is 44.7 Å². The number of benzene rings is 2. The number of amides is 1. The van der Waals surface area contributed by atoms with Crippen LogP contribution in [0.1, 0.15) is 17.5 Å². The van der Waals surface area contributed by atoms with Crippen LogP contribution in [0.25, 0.3) is 0 Å². The van der Waals surface area contributed by atoms with E-state index in [4.69, 9.17) is 18.9 Å². The first-order chi connectivity index (χ1) is 16.0. The molecule has 1 N–H and O–H groups in total. The van der Waals surface area contributed by atoms with Gasteiger partial charge >= 0.3 is 12.1 Å². The predicted octanol–water partition coefficient (Wildman–Crippen LogP) is 3.75. The number of esters is 1. The number of nitrogens with zero attached hydrogens (tertiary/aromatic N) is 1. The highest BCUT2D eigenvalue weighted by atomic mass is 19.4. The number of nitro groups is 1. The summed E-state index contributed by atoms with van der Waals surface area (Å²) in [6.45, 7) is -0.845. The average molecular weight is 486 g/mol. The lowest BCUT2D eigenvalue weighted by Crippen LogP contribution is -2.23. The molecule has 2 aromatic rings. The zero-order valence-corrected chi connectivity index (χ0v) is 18.4. The summed E-state index contributed by atoms with van der Waals surface area (Å²) in [7, 11) is 4.31. The topological polar surface area (TPSA) is 126 Å². The van der Waals surface area contributed by atoms with Gasteiger partial charge in [-0.05, 0) is 30.2 Å². The molecule has 184 valence electrons. The van der Waals surface area contributed by atoms with Crippen LogP contribution >= 0.6 is 0 Å². The molecule has 0 bridgehead atoms. The van der Waals surface area contributed by atoms with E-state index >= 15 is 0 Å². The van der Waals surface area contributed by atoms with Crippen molar-refractivity contribution in [3.63, 3.8) is 0 Å². The quantitative estimate of drug-likeness (QED) is 0.306. The van der Waals surface area contributed by atoms with Crippen LogP contribution in [0.4, 0.5) is 24.5 Å². The summed E-state index contributed by atoms with van der Waals surface area (Å²) >= 11 is 0. The fourth-order valence-corrected chi connectivity index (χ4v) is 2.92. The van der Waals surface area contributed by atoms with Gasteiger partial charge in [-0.3, -0.25) is 19.7 Å². The molecule has 1 amide bonds. The molecule has 10 nitrogen and oxygen atoms in total. The number of nitro benzene ring substituents is 1. The van der Waals surface area contributed by atoms with Crippen molar-refractivity contribution in [2.75, 3.05) is 33.3 Å². The Morgan fingerprint density at radius 3 is 2.15 bits per heavy atom. The molecule has 0 spiro atoms. The smallest absolute Gasteiger partial charge is 0.418 e. The monoisotopic (exact) mass is 486 g/mol. The van der Waals surface area contributed by atoms with E-state index in [1.807, 2.05) is 5.32 Å². The normalized spacial score (nSPS) is 10.9. The van der Waals surface area contributed by atoms with Gasteiger partial charge in [-0.15, -0.1) is 0 Å². The minimum atomic E-state index is -4.95. The largest absolute Gasteiger partial charge is 0.493 e. The second kappa shape index (κ2) is 11.2. The highest BCUT2D eigenvalue weighted by molar-refractivity contribution is 5.93. The molecule has 2 rings (SSSR count). The van der Waals surface area contributed by atoms with Crippen LogP contribution in [0.15, 0.2) is 30.3 Å². The lowest BCUT2D eigenvalue weighted by atomic mass is 10.1. The van der Waals surface area contributed by atoms with E-state index in [-0.39, 0.29) is 12.8 Å². The molecule has 0 fully saturated rings. The van der Waals surface area contributed by atoms with E-state index in [9.17, 15) is 32.9 Å². The molecule has 0 radical (unpaired) electrons. The van der Waals surface area contributed by atoms with Gasteiger partial charge < -0.3 is 24.3 Å². The molecule has 0 aliphatic carbocycles. The van der Waals surface area contributed by atoms with Crippen LogP contribution in [0.2, 0.25) is 0 Å². The number of anilines is 1. The Morgan fingerprint density at radius 2 is 1.65 bits per heavy atom. The van der Waals surface area contributed by atoms with Crippen molar-refractivity contribution < 1.29 is 46.6 Å². The highest BCUT2D eigenvalue weighted by Crippen LogP contribution is 2.39. The van der Waals surface area contributed by atoms with Gasteiger partial charge in [-0.1, -0.05) is 0 Å². The van der Waals surface area contributed by atoms with E-state index in [0.717, 1.165) is 12.1 Å². The zero-order valence-electron chi connectivity index (χ0n) is 18.4. The minimum Gasteiger partial charge on any atom is -0.493 e. The number of carbonyl (C=O) groups is 2. The first kappa shape index (κ1) is 26.2. The third-order valence-electron chi connectivity index (χ3n) is 4.50. The number of non-ortho nitro benzene ring substituents is 1. The molecule has 2 aromatic carbocycles. The summed E-state index contributed by atoms with van der Waals surface area (Å²) in [5.41, 5.74) is -2.24. The maximum Gasteiger partial charge on any atom is 0.418 e. The first-order valence-electron chi connectivity index (χ1n) is 9.60. The molecule has 0 aliphatic heterocycles. The molecule has 0 unspecified atom stereocenters. The fraction of sp³-hybridized carbons (Fsp3) is 0.333. The van der Waals surface area contributed by atoms with Crippen molar-refractivity contribution >= 4 is 23.3 Å². The Kier molecular flexibility index (Phi) is 8.64. The molecule has 0 saturated carbocycles. The third-order valence-corrected chi connectivity index (χ3v) is 4.50. The lowest BCUT2D eigenvalue weighted by Gasteiger charge is -2.14. The number of alkyl halides is 3. The minimum absolute atomic E-state index is 0.142. The molecule has 0 aromatic heterocycles. The van der Waals surface area contributed by atoms with Crippen molar-refractivity contribution in [3.8, 4) is 17.2 Å². The van der Waals surface area contributed by atoms with Gasteiger partial charge in [0.25, 0.3) is 11.6 Å². The van der Waals surface area contributed by atoms with Gasteiger partial charge in [-0.2, -0.15) is 13.2 Å². The molecule has 0 heterocycles. The van der Waals surface area contributed by atoms with E-state index < -0.39 is 46.5 Å². The maximum absolute atomic E-state index is 13.2. The second-order valence-electron chi connectivity index (χ2n) is 6.73. The van der Waals surface area contributed by atoms with Gasteiger partial charge in [0, 0.05) is 18.6 Å². The summed E-state index contributed by atoms with van der Waals surface area (Å²) in [4.78, 5) is 33.7. The Balaban J connectivity index is 1.98. The number of hydrogen-bond donors (Lipinski definition) is 1.